The van der Waals surface area contributed by atoms with Crippen LogP contribution in [0.15, 0.2) is 24.4 Å². The molecule has 0 atom stereocenters. The van der Waals surface area contributed by atoms with E-state index in [1.54, 1.807) is 13.2 Å². The van der Waals surface area contributed by atoms with Crippen LogP contribution in [0.3, 0.4) is 0 Å². The van der Waals surface area contributed by atoms with Gasteiger partial charge >= 0.3 is 5.69 Å². The predicted octanol–water partition coefficient (Wildman–Crippen LogP) is 1.09. The minimum atomic E-state index is -0.835. The molecule has 1 aromatic heterocycles. The molecule has 19 heavy (non-hydrogen) atoms. The van der Waals surface area contributed by atoms with Gasteiger partial charge in [0.05, 0.1) is 23.4 Å². The highest BCUT2D eigenvalue weighted by atomic mass is 19.1. The summed E-state index contributed by atoms with van der Waals surface area (Å²) in [7, 11) is 1.78. The lowest BCUT2D eigenvalue weighted by Crippen LogP contribution is -2.05. The van der Waals surface area contributed by atoms with Crippen molar-refractivity contribution in [2.45, 2.75) is 13.1 Å². The first-order valence-corrected chi connectivity index (χ1v) is 5.57. The van der Waals surface area contributed by atoms with Crippen LogP contribution in [0.4, 0.5) is 10.1 Å². The van der Waals surface area contributed by atoms with Crippen molar-refractivity contribution in [1.82, 2.24) is 20.3 Å². The lowest BCUT2D eigenvalue weighted by atomic mass is 10.2. The van der Waals surface area contributed by atoms with Crippen LogP contribution in [0.25, 0.3) is 0 Å². The van der Waals surface area contributed by atoms with Crippen molar-refractivity contribution in [3.63, 3.8) is 0 Å². The molecule has 100 valence electrons. The molecule has 0 saturated carbocycles. The zero-order chi connectivity index (χ0) is 13.8. The van der Waals surface area contributed by atoms with Gasteiger partial charge in [-0.25, -0.2) is 4.68 Å². The van der Waals surface area contributed by atoms with Crippen LogP contribution >= 0.6 is 0 Å². The third-order valence-electron chi connectivity index (χ3n) is 2.53. The monoisotopic (exact) mass is 265 g/mol. The van der Waals surface area contributed by atoms with Crippen LogP contribution in [-0.2, 0) is 13.1 Å². The maximum absolute atomic E-state index is 13.8. The normalized spacial score (nSPS) is 10.6. The van der Waals surface area contributed by atoms with Crippen LogP contribution < -0.4 is 5.32 Å². The summed E-state index contributed by atoms with van der Waals surface area (Å²) in [5.74, 6) is -0.835. The van der Waals surface area contributed by atoms with E-state index in [1.165, 1.54) is 16.8 Å². The second-order valence-corrected chi connectivity index (χ2v) is 3.95. The highest BCUT2D eigenvalue weighted by Crippen LogP contribution is 2.20. The summed E-state index contributed by atoms with van der Waals surface area (Å²) in [5, 5.41) is 21.3. The maximum Gasteiger partial charge on any atom is 0.305 e. The van der Waals surface area contributed by atoms with Crippen molar-refractivity contribution < 1.29 is 9.31 Å². The quantitative estimate of drug-likeness (QED) is 0.646. The van der Waals surface area contributed by atoms with E-state index in [9.17, 15) is 14.5 Å². The van der Waals surface area contributed by atoms with Crippen LogP contribution in [0.2, 0.25) is 0 Å². The van der Waals surface area contributed by atoms with Crippen molar-refractivity contribution in [3.05, 3.63) is 51.6 Å². The molecule has 0 spiro atoms. The summed E-state index contributed by atoms with van der Waals surface area (Å²) >= 11 is 0. The van der Waals surface area contributed by atoms with Gasteiger partial charge in [0.1, 0.15) is 0 Å². The number of nitro benzene ring substituents is 1. The molecule has 0 unspecified atom stereocenters. The first kappa shape index (κ1) is 13.1. The summed E-state index contributed by atoms with van der Waals surface area (Å²) < 4.78 is 15.3. The van der Waals surface area contributed by atoms with Gasteiger partial charge in [-0.15, -0.1) is 5.10 Å². The number of nitro groups is 1. The van der Waals surface area contributed by atoms with Crippen molar-refractivity contribution in [3.8, 4) is 0 Å². The topological polar surface area (TPSA) is 85.9 Å². The van der Waals surface area contributed by atoms with Gasteiger partial charge in [-0.1, -0.05) is 17.3 Å². The van der Waals surface area contributed by atoms with Gasteiger partial charge in [0.2, 0.25) is 5.82 Å². The SMILES string of the molecule is CNCc1cn(Cc2cccc([N+](=O)[O-])c2F)nn1. The number of benzene rings is 1. The molecule has 0 aliphatic rings. The Kier molecular flexibility index (Phi) is 3.81. The van der Waals surface area contributed by atoms with Gasteiger partial charge in [-0.05, 0) is 7.05 Å². The molecule has 2 aromatic rings. The summed E-state index contributed by atoms with van der Waals surface area (Å²) in [5.41, 5.74) is 0.386. The molecular weight excluding hydrogens is 253 g/mol. The molecule has 0 aliphatic heterocycles. The molecule has 1 aromatic carbocycles. The average molecular weight is 265 g/mol. The Morgan fingerprint density at radius 1 is 1.53 bits per heavy atom. The minimum absolute atomic E-state index is 0.101. The number of aromatic nitrogens is 3. The lowest BCUT2D eigenvalue weighted by Gasteiger charge is -2.03. The minimum Gasteiger partial charge on any atom is -0.314 e. The Hall–Kier alpha value is -2.35. The second-order valence-electron chi connectivity index (χ2n) is 3.95. The van der Waals surface area contributed by atoms with E-state index >= 15 is 0 Å². The molecule has 8 heteroatoms. The number of nitrogens with zero attached hydrogens (tertiary/aromatic N) is 4. The zero-order valence-electron chi connectivity index (χ0n) is 10.2. The van der Waals surface area contributed by atoms with Crippen molar-refractivity contribution in [2.24, 2.45) is 0 Å². The Balaban J connectivity index is 2.23. The van der Waals surface area contributed by atoms with E-state index < -0.39 is 16.4 Å². The fraction of sp³-hybridized carbons (Fsp3) is 0.273. The fourth-order valence-corrected chi connectivity index (χ4v) is 1.68. The number of hydrogen-bond acceptors (Lipinski definition) is 5. The molecule has 0 aliphatic carbocycles. The lowest BCUT2D eigenvalue weighted by molar-refractivity contribution is -0.387. The standard InChI is InChI=1S/C11H12FN5O2/c1-13-5-9-7-16(15-14-9)6-8-3-2-4-10(11(8)12)17(18)19/h2-4,7,13H,5-6H2,1H3. The first-order valence-electron chi connectivity index (χ1n) is 5.57. The maximum atomic E-state index is 13.8. The summed E-state index contributed by atoms with van der Waals surface area (Å²) in [4.78, 5) is 9.89. The smallest absolute Gasteiger partial charge is 0.305 e. The molecule has 1 N–H and O–H groups in total. The average Bonchev–Trinajstić information content (AvgIpc) is 2.79. The largest absolute Gasteiger partial charge is 0.314 e. The summed E-state index contributed by atoms with van der Waals surface area (Å²) in [6, 6.07) is 4.07. The number of hydrogen-bond donors (Lipinski definition) is 1. The molecular formula is C11H12FN5O2. The van der Waals surface area contributed by atoms with E-state index in [-0.39, 0.29) is 12.1 Å². The number of nitrogens with one attached hydrogen (secondary N) is 1. The van der Waals surface area contributed by atoms with Crippen LogP contribution in [0.1, 0.15) is 11.3 Å². The highest BCUT2D eigenvalue weighted by Gasteiger charge is 2.17. The summed E-state index contributed by atoms with van der Waals surface area (Å²) in [6.45, 7) is 0.654. The molecule has 2 rings (SSSR count). The van der Waals surface area contributed by atoms with Crippen molar-refractivity contribution in [1.29, 1.82) is 0 Å². The van der Waals surface area contributed by atoms with Gasteiger partial charge in [0.25, 0.3) is 0 Å². The van der Waals surface area contributed by atoms with Crippen LogP contribution in [0.5, 0.6) is 0 Å². The first-order chi connectivity index (χ1) is 9.11. The van der Waals surface area contributed by atoms with Crippen molar-refractivity contribution in [2.75, 3.05) is 7.05 Å². The van der Waals surface area contributed by atoms with E-state index in [2.05, 4.69) is 15.6 Å². The van der Waals surface area contributed by atoms with Crippen LogP contribution in [0, 0.1) is 15.9 Å². The number of halogens is 1. The molecule has 0 fully saturated rings. The highest BCUT2D eigenvalue weighted by molar-refractivity contribution is 5.36. The summed E-state index contributed by atoms with van der Waals surface area (Å²) in [6.07, 6.45) is 1.66. The molecule has 7 nitrogen and oxygen atoms in total. The predicted molar refractivity (Wildman–Crippen MR) is 64.9 cm³/mol. The van der Waals surface area contributed by atoms with E-state index in [4.69, 9.17) is 0 Å². The Morgan fingerprint density at radius 2 is 2.32 bits per heavy atom. The van der Waals surface area contributed by atoms with Gasteiger partial charge in [0, 0.05) is 18.2 Å². The van der Waals surface area contributed by atoms with Gasteiger partial charge in [-0.3, -0.25) is 10.1 Å². The second kappa shape index (κ2) is 5.53. The molecule has 0 radical (unpaired) electrons. The molecule has 0 amide bonds. The third-order valence-corrected chi connectivity index (χ3v) is 2.53. The third kappa shape index (κ3) is 2.91. The zero-order valence-corrected chi connectivity index (χ0v) is 10.2. The van der Waals surface area contributed by atoms with E-state index in [1.807, 2.05) is 0 Å². The molecule has 0 bridgehead atoms. The van der Waals surface area contributed by atoms with Gasteiger partial charge < -0.3 is 5.32 Å². The van der Waals surface area contributed by atoms with Crippen LogP contribution in [-0.4, -0.2) is 27.0 Å². The molecule has 1 heterocycles. The van der Waals surface area contributed by atoms with Gasteiger partial charge in [-0.2, -0.15) is 4.39 Å². The molecule has 0 saturated heterocycles. The Bertz CT molecular complexity index is 599. The number of rotatable bonds is 5. The van der Waals surface area contributed by atoms with E-state index in [0.717, 1.165) is 6.07 Å². The van der Waals surface area contributed by atoms with Gasteiger partial charge in [0.15, 0.2) is 0 Å². The Morgan fingerprint density at radius 3 is 3.00 bits per heavy atom. The van der Waals surface area contributed by atoms with E-state index in [0.29, 0.717) is 12.2 Å². The van der Waals surface area contributed by atoms with Crippen molar-refractivity contribution >= 4 is 5.69 Å². The fourth-order valence-electron chi connectivity index (χ4n) is 1.68. The Labute approximate surface area is 108 Å².